The maximum absolute atomic E-state index is 5.47. The van der Waals surface area contributed by atoms with E-state index in [1.165, 1.54) is 64.2 Å². The first-order chi connectivity index (χ1) is 7.87. The van der Waals surface area contributed by atoms with Crippen LogP contribution in [0.2, 0.25) is 0 Å². The molecule has 0 aromatic heterocycles. The average molecular weight is 226 g/mol. The lowest BCUT2D eigenvalue weighted by molar-refractivity contribution is -0.00238. The molecule has 2 unspecified atom stereocenters. The highest BCUT2D eigenvalue weighted by molar-refractivity contribution is 5.04. The van der Waals surface area contributed by atoms with Crippen LogP contribution >= 0.6 is 0 Å². The largest absolute Gasteiger partial charge is 0.346 e. The first kappa shape index (κ1) is 12.4. The quantitative estimate of drug-likeness (QED) is 0.414. The fourth-order valence-electron chi connectivity index (χ4n) is 2.57. The fourth-order valence-corrected chi connectivity index (χ4v) is 2.57. The number of rotatable bonds is 10. The Balaban J connectivity index is 1.31. The SMILES string of the molecule is CCCCCCCCCCCC12COC1O2. The molecule has 0 N–H and O–H groups in total. The Kier molecular flexibility index (Phi) is 4.66. The van der Waals surface area contributed by atoms with Gasteiger partial charge in [0.1, 0.15) is 5.60 Å². The second-order valence-corrected chi connectivity index (χ2v) is 5.40. The van der Waals surface area contributed by atoms with Gasteiger partial charge in [-0.15, -0.1) is 0 Å². The van der Waals surface area contributed by atoms with Crippen LogP contribution < -0.4 is 0 Å². The van der Waals surface area contributed by atoms with Gasteiger partial charge in [0.05, 0.1) is 6.61 Å². The molecule has 0 spiro atoms. The molecule has 2 saturated heterocycles. The van der Waals surface area contributed by atoms with Gasteiger partial charge < -0.3 is 9.47 Å². The molecule has 0 amide bonds. The molecule has 16 heavy (non-hydrogen) atoms. The van der Waals surface area contributed by atoms with E-state index < -0.39 is 0 Å². The molecule has 0 saturated carbocycles. The van der Waals surface area contributed by atoms with Crippen LogP contribution in [-0.2, 0) is 9.47 Å². The molecule has 2 nitrogen and oxygen atoms in total. The Bertz CT molecular complexity index is 201. The number of unbranched alkanes of at least 4 members (excludes halogenated alkanes) is 8. The third-order valence-electron chi connectivity index (χ3n) is 3.90. The molecular formula is C14H26O2. The van der Waals surface area contributed by atoms with E-state index in [0.29, 0.717) is 0 Å². The molecule has 2 aliphatic heterocycles. The second-order valence-electron chi connectivity index (χ2n) is 5.40. The van der Waals surface area contributed by atoms with Gasteiger partial charge in [0, 0.05) is 0 Å². The average Bonchev–Trinajstić information content (AvgIpc) is 2.79. The van der Waals surface area contributed by atoms with Gasteiger partial charge in [-0.05, 0) is 6.42 Å². The Morgan fingerprint density at radius 1 is 0.938 bits per heavy atom. The number of hydrogen-bond donors (Lipinski definition) is 0. The topological polar surface area (TPSA) is 21.8 Å². The Hall–Kier alpha value is -0.0800. The highest BCUT2D eigenvalue weighted by Crippen LogP contribution is 2.50. The van der Waals surface area contributed by atoms with Crippen molar-refractivity contribution in [3.05, 3.63) is 0 Å². The Labute approximate surface area is 99.7 Å². The van der Waals surface area contributed by atoms with Crippen molar-refractivity contribution in [3.63, 3.8) is 0 Å². The maximum Gasteiger partial charge on any atom is 0.190 e. The smallest absolute Gasteiger partial charge is 0.190 e. The third kappa shape index (κ3) is 3.21. The summed E-state index contributed by atoms with van der Waals surface area (Å²) >= 11 is 0. The van der Waals surface area contributed by atoms with Crippen LogP contribution in [0.4, 0.5) is 0 Å². The van der Waals surface area contributed by atoms with Gasteiger partial charge in [-0.25, -0.2) is 0 Å². The van der Waals surface area contributed by atoms with E-state index in [-0.39, 0.29) is 11.9 Å². The summed E-state index contributed by atoms with van der Waals surface area (Å²) in [5.74, 6) is 0. The summed E-state index contributed by atoms with van der Waals surface area (Å²) in [5.41, 5.74) is 0.209. The van der Waals surface area contributed by atoms with Crippen LogP contribution in [0.25, 0.3) is 0 Å². The second kappa shape index (κ2) is 6.02. The zero-order valence-electron chi connectivity index (χ0n) is 10.7. The molecule has 2 atom stereocenters. The molecular weight excluding hydrogens is 200 g/mol. The molecule has 0 aliphatic carbocycles. The molecule has 0 aromatic carbocycles. The van der Waals surface area contributed by atoms with E-state index in [1.807, 2.05) is 0 Å². The summed E-state index contributed by atoms with van der Waals surface area (Å²) in [6.07, 6.45) is 14.1. The highest BCUT2D eigenvalue weighted by atomic mass is 16.8. The molecule has 2 heteroatoms. The summed E-state index contributed by atoms with van der Waals surface area (Å²) in [4.78, 5) is 0. The molecule has 0 aromatic rings. The van der Waals surface area contributed by atoms with Crippen molar-refractivity contribution in [2.45, 2.75) is 83.0 Å². The number of epoxide rings is 1. The van der Waals surface area contributed by atoms with Crippen LogP contribution in [0, 0.1) is 0 Å². The van der Waals surface area contributed by atoms with Crippen LogP contribution in [0.3, 0.4) is 0 Å². The van der Waals surface area contributed by atoms with Crippen LogP contribution in [0.1, 0.15) is 71.1 Å². The van der Waals surface area contributed by atoms with Gasteiger partial charge in [-0.1, -0.05) is 64.7 Å². The van der Waals surface area contributed by atoms with Gasteiger partial charge in [-0.2, -0.15) is 0 Å². The number of ether oxygens (including phenoxy) is 2. The van der Waals surface area contributed by atoms with Crippen molar-refractivity contribution in [2.24, 2.45) is 0 Å². The third-order valence-corrected chi connectivity index (χ3v) is 3.90. The van der Waals surface area contributed by atoms with E-state index in [9.17, 15) is 0 Å². The predicted octanol–water partition coefficient (Wildman–Crippen LogP) is 4.03. The van der Waals surface area contributed by atoms with Crippen LogP contribution in [0.15, 0.2) is 0 Å². The van der Waals surface area contributed by atoms with Crippen LogP contribution in [-0.4, -0.2) is 18.5 Å². The van der Waals surface area contributed by atoms with E-state index in [0.717, 1.165) is 6.61 Å². The lowest BCUT2D eigenvalue weighted by atomic mass is 9.98. The predicted molar refractivity (Wildman–Crippen MR) is 65.4 cm³/mol. The first-order valence-electron chi connectivity index (χ1n) is 7.17. The number of fused-ring (bicyclic) bond motifs is 1. The normalized spacial score (nSPS) is 30.9. The molecule has 94 valence electrons. The van der Waals surface area contributed by atoms with Crippen molar-refractivity contribution in [1.82, 2.24) is 0 Å². The standard InChI is InChI=1S/C14H26O2/c1-2-3-4-5-6-7-8-9-10-11-14-12-15-13(14)16-14/h13H,2-12H2,1H3. The minimum atomic E-state index is 0.196. The van der Waals surface area contributed by atoms with Gasteiger partial charge in [0.2, 0.25) is 0 Å². The van der Waals surface area contributed by atoms with Crippen molar-refractivity contribution < 1.29 is 9.47 Å². The first-order valence-corrected chi connectivity index (χ1v) is 7.17. The van der Waals surface area contributed by atoms with E-state index >= 15 is 0 Å². The highest BCUT2D eigenvalue weighted by Gasteiger charge is 2.65. The Morgan fingerprint density at radius 2 is 1.56 bits per heavy atom. The Morgan fingerprint density at radius 3 is 2.00 bits per heavy atom. The molecule has 2 rings (SSSR count). The maximum atomic E-state index is 5.47. The molecule has 2 fully saturated rings. The summed E-state index contributed by atoms with van der Waals surface area (Å²) < 4.78 is 10.7. The van der Waals surface area contributed by atoms with Crippen molar-refractivity contribution in [1.29, 1.82) is 0 Å². The summed E-state index contributed by atoms with van der Waals surface area (Å²) in [7, 11) is 0. The lowest BCUT2D eigenvalue weighted by Gasteiger charge is -2.19. The number of hydrogen-bond acceptors (Lipinski definition) is 2. The zero-order valence-corrected chi connectivity index (χ0v) is 10.7. The summed E-state index contributed by atoms with van der Waals surface area (Å²) in [6, 6.07) is 0. The van der Waals surface area contributed by atoms with Crippen LogP contribution in [0.5, 0.6) is 0 Å². The van der Waals surface area contributed by atoms with Crippen molar-refractivity contribution in [3.8, 4) is 0 Å². The molecule has 0 radical (unpaired) electrons. The minimum Gasteiger partial charge on any atom is -0.346 e. The van der Waals surface area contributed by atoms with E-state index in [1.54, 1.807) is 0 Å². The van der Waals surface area contributed by atoms with Gasteiger partial charge >= 0.3 is 0 Å². The molecule has 2 aliphatic rings. The van der Waals surface area contributed by atoms with Gasteiger partial charge in [0.15, 0.2) is 6.29 Å². The lowest BCUT2D eigenvalue weighted by Crippen LogP contribution is -2.33. The summed E-state index contributed by atoms with van der Waals surface area (Å²) in [5, 5.41) is 0. The van der Waals surface area contributed by atoms with Gasteiger partial charge in [-0.3, -0.25) is 0 Å². The monoisotopic (exact) mass is 226 g/mol. The minimum absolute atomic E-state index is 0.196. The van der Waals surface area contributed by atoms with E-state index in [2.05, 4.69) is 6.92 Å². The fraction of sp³-hybridized carbons (Fsp3) is 1.00. The zero-order chi connectivity index (χ0) is 11.3. The van der Waals surface area contributed by atoms with Gasteiger partial charge in [0.25, 0.3) is 0 Å². The van der Waals surface area contributed by atoms with E-state index in [4.69, 9.17) is 9.47 Å². The molecule has 2 heterocycles. The summed E-state index contributed by atoms with van der Waals surface area (Å²) in [6.45, 7) is 3.13. The van der Waals surface area contributed by atoms with Crippen molar-refractivity contribution >= 4 is 0 Å². The molecule has 0 bridgehead atoms. The van der Waals surface area contributed by atoms with Crippen molar-refractivity contribution in [2.75, 3.05) is 6.61 Å².